The van der Waals surface area contributed by atoms with Crippen molar-refractivity contribution in [2.45, 2.75) is 9.92 Å². The zero-order chi connectivity index (χ0) is 17.5. The lowest BCUT2D eigenvalue weighted by Crippen LogP contribution is -2.15. The second kappa shape index (κ2) is 8.25. The molecule has 120 valence electrons. The minimum absolute atomic E-state index is 0.0483. The number of pyridine rings is 1. The summed E-state index contributed by atoms with van der Waals surface area (Å²) in [6, 6.07) is 12.7. The fourth-order valence-corrected chi connectivity index (χ4v) is 3.17. The number of aromatic nitrogens is 1. The minimum atomic E-state index is -0.213. The Morgan fingerprint density at radius 2 is 2.00 bits per heavy atom. The summed E-state index contributed by atoms with van der Waals surface area (Å²) >= 11 is 2.64. The molecule has 0 aliphatic rings. The number of nitriles is 2. The quantitative estimate of drug-likeness (QED) is 0.792. The number of carbonyl (C=O) groups is 1. The molecule has 0 atom stereocenters. The van der Waals surface area contributed by atoms with Crippen LogP contribution < -0.4 is 11.1 Å². The maximum atomic E-state index is 12.1. The third-order valence-electron chi connectivity index (χ3n) is 2.98. The monoisotopic (exact) mass is 355 g/mol. The third kappa shape index (κ3) is 4.19. The van der Waals surface area contributed by atoms with Crippen molar-refractivity contribution in [2.75, 3.05) is 23.1 Å². The summed E-state index contributed by atoms with van der Waals surface area (Å²) < 4.78 is 0. The van der Waals surface area contributed by atoms with E-state index in [4.69, 9.17) is 16.3 Å². The van der Waals surface area contributed by atoms with Crippen molar-refractivity contribution in [3.63, 3.8) is 0 Å². The average Bonchev–Trinajstić information content (AvgIpc) is 2.60. The number of carbonyl (C=O) groups excluding carboxylic acids is 1. The Morgan fingerprint density at radius 3 is 2.67 bits per heavy atom. The van der Waals surface area contributed by atoms with Gasteiger partial charge in [-0.3, -0.25) is 4.79 Å². The van der Waals surface area contributed by atoms with E-state index in [2.05, 4.69) is 10.3 Å². The van der Waals surface area contributed by atoms with Crippen LogP contribution in [0.5, 0.6) is 0 Å². The number of nitrogens with zero attached hydrogens (tertiary/aromatic N) is 3. The van der Waals surface area contributed by atoms with Gasteiger partial charge in [0.05, 0.1) is 22.6 Å². The van der Waals surface area contributed by atoms with E-state index in [1.54, 1.807) is 0 Å². The highest BCUT2D eigenvalue weighted by Crippen LogP contribution is 2.26. The lowest BCUT2D eigenvalue weighted by molar-refractivity contribution is -0.113. The summed E-state index contributed by atoms with van der Waals surface area (Å²) in [6.45, 7) is 0. The van der Waals surface area contributed by atoms with Gasteiger partial charge in [-0.2, -0.15) is 10.5 Å². The number of thioether (sulfide) groups is 2. The summed E-state index contributed by atoms with van der Waals surface area (Å²) in [4.78, 5) is 17.1. The van der Waals surface area contributed by atoms with Gasteiger partial charge in [0.2, 0.25) is 5.91 Å². The van der Waals surface area contributed by atoms with Gasteiger partial charge in [-0.05, 0) is 24.5 Å². The van der Waals surface area contributed by atoms with Gasteiger partial charge in [-0.25, -0.2) is 4.98 Å². The van der Waals surface area contributed by atoms with Crippen molar-refractivity contribution in [3.05, 3.63) is 41.5 Å². The molecule has 0 saturated heterocycles. The summed E-state index contributed by atoms with van der Waals surface area (Å²) in [5.41, 5.74) is 6.78. The van der Waals surface area contributed by atoms with E-state index in [0.29, 0.717) is 5.03 Å². The van der Waals surface area contributed by atoms with Gasteiger partial charge in [0, 0.05) is 4.90 Å². The lowest BCUT2D eigenvalue weighted by Gasteiger charge is -2.09. The second-order valence-electron chi connectivity index (χ2n) is 4.53. The van der Waals surface area contributed by atoms with Crippen molar-refractivity contribution >= 4 is 40.9 Å². The second-order valence-corrected chi connectivity index (χ2v) is 6.35. The number of anilines is 2. The molecule has 2 aromatic rings. The molecule has 0 aliphatic heterocycles. The zero-order valence-electron chi connectivity index (χ0n) is 12.7. The van der Waals surface area contributed by atoms with Crippen LogP contribution in [0.3, 0.4) is 0 Å². The Kier molecular flexibility index (Phi) is 6.07. The number of nitrogens with two attached hydrogens (primary N) is 1. The van der Waals surface area contributed by atoms with E-state index >= 15 is 0 Å². The highest BCUT2D eigenvalue weighted by Gasteiger charge is 2.13. The van der Waals surface area contributed by atoms with Crippen LogP contribution in [0.15, 0.2) is 40.3 Å². The predicted molar refractivity (Wildman–Crippen MR) is 95.7 cm³/mol. The standard InChI is InChI=1S/C16H13N5OS2/c1-23-13-5-3-2-4-12(13)20-14(22)9-24-16-11(8-18)6-10(7-17)15(19)21-16/h2-6H,9H2,1H3,(H2,19,21)(H,20,22). The Balaban J connectivity index is 2.08. The molecule has 0 spiro atoms. The van der Waals surface area contributed by atoms with Crippen LogP contribution in [0.25, 0.3) is 0 Å². The van der Waals surface area contributed by atoms with Crippen molar-refractivity contribution in [1.29, 1.82) is 10.5 Å². The number of para-hydroxylation sites is 1. The molecule has 0 radical (unpaired) electrons. The molecule has 8 heteroatoms. The number of nitrogens with one attached hydrogen (secondary N) is 1. The van der Waals surface area contributed by atoms with E-state index in [0.717, 1.165) is 22.3 Å². The van der Waals surface area contributed by atoms with Crippen LogP contribution >= 0.6 is 23.5 Å². The van der Waals surface area contributed by atoms with E-state index < -0.39 is 0 Å². The van der Waals surface area contributed by atoms with Crippen molar-refractivity contribution in [1.82, 2.24) is 4.98 Å². The first-order valence-corrected chi connectivity index (χ1v) is 8.96. The minimum Gasteiger partial charge on any atom is -0.383 e. The van der Waals surface area contributed by atoms with Gasteiger partial charge in [0.1, 0.15) is 23.0 Å². The van der Waals surface area contributed by atoms with E-state index in [9.17, 15) is 4.79 Å². The third-order valence-corrected chi connectivity index (χ3v) is 4.77. The van der Waals surface area contributed by atoms with Crippen LogP contribution in [0.1, 0.15) is 11.1 Å². The summed E-state index contributed by atoms with van der Waals surface area (Å²) in [5.74, 6) is -0.0855. The highest BCUT2D eigenvalue weighted by molar-refractivity contribution is 8.00. The van der Waals surface area contributed by atoms with Gasteiger partial charge in [0.25, 0.3) is 0 Å². The Labute approximate surface area is 148 Å². The number of nitrogen functional groups attached to an aromatic ring is 1. The molecule has 24 heavy (non-hydrogen) atoms. The number of benzene rings is 1. The van der Waals surface area contributed by atoms with E-state index in [1.165, 1.54) is 17.8 Å². The SMILES string of the molecule is CSc1ccccc1NC(=O)CSc1nc(N)c(C#N)cc1C#N. The number of hydrogen-bond acceptors (Lipinski definition) is 7. The fraction of sp³-hybridized carbons (Fsp3) is 0.125. The predicted octanol–water partition coefficient (Wildman–Crippen LogP) is 2.86. The lowest BCUT2D eigenvalue weighted by atomic mass is 10.2. The van der Waals surface area contributed by atoms with Crippen molar-refractivity contribution in [2.24, 2.45) is 0 Å². The molecule has 1 heterocycles. The Morgan fingerprint density at radius 1 is 1.29 bits per heavy atom. The Bertz CT molecular complexity index is 855. The maximum absolute atomic E-state index is 12.1. The van der Waals surface area contributed by atoms with Gasteiger partial charge < -0.3 is 11.1 Å². The molecule has 0 saturated carbocycles. The first-order chi connectivity index (χ1) is 11.6. The molecule has 0 fully saturated rings. The largest absolute Gasteiger partial charge is 0.383 e. The summed E-state index contributed by atoms with van der Waals surface area (Å²) in [6.07, 6.45) is 1.93. The molecular formula is C16H13N5OS2. The first kappa shape index (κ1) is 17.7. The molecule has 3 N–H and O–H groups in total. The van der Waals surface area contributed by atoms with Crippen LogP contribution in [-0.4, -0.2) is 22.9 Å². The number of hydrogen-bond donors (Lipinski definition) is 2. The normalized spacial score (nSPS) is 9.79. The Hall–Kier alpha value is -2.68. The van der Waals surface area contributed by atoms with Crippen LogP contribution in [-0.2, 0) is 4.79 Å². The fourth-order valence-electron chi connectivity index (χ4n) is 1.86. The summed E-state index contributed by atoms with van der Waals surface area (Å²) in [7, 11) is 0. The van der Waals surface area contributed by atoms with Gasteiger partial charge in [-0.1, -0.05) is 23.9 Å². The topological polar surface area (TPSA) is 116 Å². The maximum Gasteiger partial charge on any atom is 0.234 e. The molecule has 1 aromatic heterocycles. The van der Waals surface area contributed by atoms with Crippen LogP contribution in [0.2, 0.25) is 0 Å². The van der Waals surface area contributed by atoms with E-state index in [1.807, 2.05) is 42.7 Å². The van der Waals surface area contributed by atoms with Crippen LogP contribution in [0.4, 0.5) is 11.5 Å². The van der Waals surface area contributed by atoms with Gasteiger partial charge in [0.15, 0.2) is 0 Å². The first-order valence-electron chi connectivity index (χ1n) is 6.75. The zero-order valence-corrected chi connectivity index (χ0v) is 14.4. The number of rotatable bonds is 5. The molecule has 1 aromatic carbocycles. The highest BCUT2D eigenvalue weighted by atomic mass is 32.2. The average molecular weight is 355 g/mol. The molecule has 0 aliphatic carbocycles. The van der Waals surface area contributed by atoms with Crippen molar-refractivity contribution < 1.29 is 4.79 Å². The summed E-state index contributed by atoms with van der Waals surface area (Å²) in [5, 5.41) is 21.2. The van der Waals surface area contributed by atoms with Crippen molar-refractivity contribution in [3.8, 4) is 12.1 Å². The molecular weight excluding hydrogens is 342 g/mol. The van der Waals surface area contributed by atoms with E-state index in [-0.39, 0.29) is 28.6 Å². The van der Waals surface area contributed by atoms with Crippen LogP contribution in [0, 0.1) is 22.7 Å². The molecule has 2 rings (SSSR count). The molecule has 6 nitrogen and oxygen atoms in total. The molecule has 1 amide bonds. The smallest absolute Gasteiger partial charge is 0.234 e. The number of amides is 1. The molecule has 0 bridgehead atoms. The van der Waals surface area contributed by atoms with Gasteiger partial charge in [-0.15, -0.1) is 11.8 Å². The molecule has 0 unspecified atom stereocenters. The van der Waals surface area contributed by atoms with Gasteiger partial charge >= 0.3 is 0 Å².